The molecule has 1 fully saturated rings. The molecule has 7 heteroatoms. The number of rotatable bonds is 6. The Balaban J connectivity index is 2.01. The van der Waals surface area contributed by atoms with Crippen LogP contribution in [-0.2, 0) is 9.53 Å². The molecule has 0 saturated heterocycles. The first-order valence-corrected chi connectivity index (χ1v) is 7.93. The minimum absolute atomic E-state index is 0.0614. The number of carbonyl (C=O) groups is 1. The normalized spacial score (nSPS) is 21.9. The Morgan fingerprint density at radius 2 is 2.10 bits per heavy atom. The number of ether oxygens (including phenoxy) is 1. The molecule has 116 valence electrons. The van der Waals surface area contributed by atoms with E-state index < -0.39 is 0 Å². The molecule has 0 atom stereocenters. The Kier molecular flexibility index (Phi) is 5.93. The summed E-state index contributed by atoms with van der Waals surface area (Å²) in [6.07, 6.45) is 6.16. The van der Waals surface area contributed by atoms with Crippen molar-refractivity contribution in [3.05, 3.63) is 10.8 Å². The molecule has 0 aliphatic heterocycles. The maximum absolute atomic E-state index is 11.1. The highest BCUT2D eigenvalue weighted by atomic mass is 79.9. The molecule has 2 rings (SSSR count). The molecule has 1 aliphatic rings. The zero-order valence-electron chi connectivity index (χ0n) is 12.4. The predicted molar refractivity (Wildman–Crippen MR) is 85.6 cm³/mol. The van der Waals surface area contributed by atoms with Crippen LogP contribution < -0.4 is 10.6 Å². The van der Waals surface area contributed by atoms with Crippen LogP contribution in [0.15, 0.2) is 10.8 Å². The monoisotopic (exact) mass is 356 g/mol. The molecule has 0 aromatic carbocycles. The predicted octanol–water partition coefficient (Wildman–Crippen LogP) is 2.61. The lowest BCUT2D eigenvalue weighted by Crippen LogP contribution is -2.30. The SMILES string of the molecule is CO[C@H]1CC[C@H](Nc2nc(Br)cnc2NCC(C)=O)CC1. The van der Waals surface area contributed by atoms with Crippen molar-refractivity contribution in [1.82, 2.24) is 9.97 Å². The van der Waals surface area contributed by atoms with Crippen molar-refractivity contribution in [2.75, 3.05) is 24.3 Å². The van der Waals surface area contributed by atoms with Crippen molar-refractivity contribution in [3.8, 4) is 0 Å². The van der Waals surface area contributed by atoms with Crippen molar-refractivity contribution >= 4 is 33.3 Å². The molecule has 1 saturated carbocycles. The van der Waals surface area contributed by atoms with Gasteiger partial charge in [0.15, 0.2) is 11.6 Å². The van der Waals surface area contributed by atoms with Crippen LogP contribution in [0.4, 0.5) is 11.6 Å². The summed E-state index contributed by atoms with van der Waals surface area (Å²) in [7, 11) is 1.77. The molecule has 0 amide bonds. The zero-order chi connectivity index (χ0) is 15.2. The second-order valence-corrected chi connectivity index (χ2v) is 6.11. The molecule has 21 heavy (non-hydrogen) atoms. The van der Waals surface area contributed by atoms with E-state index in [1.54, 1.807) is 20.2 Å². The zero-order valence-corrected chi connectivity index (χ0v) is 13.9. The van der Waals surface area contributed by atoms with Gasteiger partial charge in [-0.2, -0.15) is 0 Å². The summed E-state index contributed by atoms with van der Waals surface area (Å²) >= 11 is 3.33. The highest BCUT2D eigenvalue weighted by Gasteiger charge is 2.22. The first-order chi connectivity index (χ1) is 10.1. The largest absolute Gasteiger partial charge is 0.381 e. The van der Waals surface area contributed by atoms with Gasteiger partial charge < -0.3 is 15.4 Å². The molecule has 1 aliphatic carbocycles. The van der Waals surface area contributed by atoms with Crippen LogP contribution in [0.2, 0.25) is 0 Å². The summed E-state index contributed by atoms with van der Waals surface area (Å²) < 4.78 is 6.05. The minimum atomic E-state index is 0.0614. The van der Waals surface area contributed by atoms with Gasteiger partial charge in [0.1, 0.15) is 10.4 Å². The smallest absolute Gasteiger partial charge is 0.170 e. The second kappa shape index (κ2) is 7.70. The topological polar surface area (TPSA) is 76.1 Å². The van der Waals surface area contributed by atoms with Gasteiger partial charge in [-0.1, -0.05) is 0 Å². The minimum Gasteiger partial charge on any atom is -0.381 e. The van der Waals surface area contributed by atoms with Gasteiger partial charge in [0.05, 0.1) is 18.8 Å². The number of nitrogens with one attached hydrogen (secondary N) is 2. The third-order valence-corrected chi connectivity index (χ3v) is 3.98. The number of ketones is 1. The summed E-state index contributed by atoms with van der Waals surface area (Å²) in [4.78, 5) is 19.8. The van der Waals surface area contributed by atoms with E-state index in [0.717, 1.165) is 25.7 Å². The van der Waals surface area contributed by atoms with Crippen molar-refractivity contribution in [1.29, 1.82) is 0 Å². The van der Waals surface area contributed by atoms with Crippen LogP contribution in [0.5, 0.6) is 0 Å². The van der Waals surface area contributed by atoms with E-state index in [2.05, 4.69) is 36.5 Å². The number of anilines is 2. The highest BCUT2D eigenvalue weighted by molar-refractivity contribution is 9.10. The van der Waals surface area contributed by atoms with Crippen molar-refractivity contribution in [3.63, 3.8) is 0 Å². The van der Waals surface area contributed by atoms with E-state index >= 15 is 0 Å². The fraction of sp³-hybridized carbons (Fsp3) is 0.643. The summed E-state index contributed by atoms with van der Waals surface area (Å²) in [6, 6.07) is 0.359. The Morgan fingerprint density at radius 1 is 1.38 bits per heavy atom. The molecular formula is C14H21BrN4O2. The van der Waals surface area contributed by atoms with Crippen LogP contribution >= 0.6 is 15.9 Å². The van der Waals surface area contributed by atoms with Gasteiger partial charge in [-0.25, -0.2) is 9.97 Å². The summed E-state index contributed by atoms with van der Waals surface area (Å²) in [5.41, 5.74) is 0. The molecule has 0 spiro atoms. The molecule has 0 radical (unpaired) electrons. The molecule has 1 aromatic heterocycles. The van der Waals surface area contributed by atoms with Gasteiger partial charge in [0.2, 0.25) is 0 Å². The van der Waals surface area contributed by atoms with E-state index in [1.165, 1.54) is 0 Å². The van der Waals surface area contributed by atoms with Crippen LogP contribution in [0.1, 0.15) is 32.6 Å². The third-order valence-electron chi connectivity index (χ3n) is 3.60. The van der Waals surface area contributed by atoms with E-state index in [1.807, 2.05) is 0 Å². The Labute approximate surface area is 133 Å². The summed E-state index contributed by atoms with van der Waals surface area (Å²) in [5.74, 6) is 1.36. The number of nitrogens with zero attached hydrogens (tertiary/aromatic N) is 2. The molecule has 6 nitrogen and oxygen atoms in total. The van der Waals surface area contributed by atoms with Gasteiger partial charge >= 0.3 is 0 Å². The molecule has 1 heterocycles. The number of Topliss-reactive ketones (excluding diaryl/α,β-unsaturated/α-hetero) is 1. The lowest BCUT2D eigenvalue weighted by molar-refractivity contribution is -0.115. The average Bonchev–Trinajstić information content (AvgIpc) is 2.47. The number of halogens is 1. The Morgan fingerprint density at radius 3 is 2.71 bits per heavy atom. The number of carbonyl (C=O) groups excluding carboxylic acids is 1. The Bertz CT molecular complexity index is 490. The van der Waals surface area contributed by atoms with E-state index in [-0.39, 0.29) is 12.3 Å². The van der Waals surface area contributed by atoms with Gasteiger partial charge in [-0.15, -0.1) is 0 Å². The maximum Gasteiger partial charge on any atom is 0.170 e. The van der Waals surface area contributed by atoms with Gasteiger partial charge in [0, 0.05) is 13.2 Å². The summed E-state index contributed by atoms with van der Waals surface area (Å²) in [6.45, 7) is 1.79. The highest BCUT2D eigenvalue weighted by Crippen LogP contribution is 2.26. The lowest BCUT2D eigenvalue weighted by atomic mass is 9.93. The van der Waals surface area contributed by atoms with Crippen LogP contribution in [0.3, 0.4) is 0 Å². The number of hydrogen-bond donors (Lipinski definition) is 2. The fourth-order valence-corrected chi connectivity index (χ4v) is 2.72. The lowest BCUT2D eigenvalue weighted by Gasteiger charge is -2.29. The van der Waals surface area contributed by atoms with Gasteiger partial charge in [-0.05, 0) is 48.5 Å². The van der Waals surface area contributed by atoms with Crippen molar-refractivity contribution in [2.24, 2.45) is 0 Å². The molecular weight excluding hydrogens is 336 g/mol. The number of hydrogen-bond acceptors (Lipinski definition) is 6. The Hall–Kier alpha value is -1.21. The standard InChI is InChI=1S/C14H21BrN4O2/c1-9(20)7-16-13-14(19-12(15)8-17-13)18-10-3-5-11(21-2)6-4-10/h8,10-11H,3-7H2,1-2H3,(H,16,17)(H,18,19)/t10-,11-. The maximum atomic E-state index is 11.1. The van der Waals surface area contributed by atoms with E-state index in [9.17, 15) is 4.79 Å². The van der Waals surface area contributed by atoms with Gasteiger partial charge in [0.25, 0.3) is 0 Å². The van der Waals surface area contributed by atoms with Crippen LogP contribution in [-0.4, -0.2) is 41.6 Å². The molecule has 0 bridgehead atoms. The quantitative estimate of drug-likeness (QED) is 0.815. The molecule has 1 aromatic rings. The molecule has 0 unspecified atom stereocenters. The van der Waals surface area contributed by atoms with E-state index in [4.69, 9.17) is 4.74 Å². The third kappa shape index (κ3) is 4.93. The fourth-order valence-electron chi connectivity index (χ4n) is 2.44. The number of aromatic nitrogens is 2. The van der Waals surface area contributed by atoms with Crippen LogP contribution in [0, 0.1) is 0 Å². The van der Waals surface area contributed by atoms with Crippen molar-refractivity contribution in [2.45, 2.75) is 44.8 Å². The molecule has 2 N–H and O–H groups in total. The van der Waals surface area contributed by atoms with Crippen molar-refractivity contribution < 1.29 is 9.53 Å². The van der Waals surface area contributed by atoms with Crippen LogP contribution in [0.25, 0.3) is 0 Å². The summed E-state index contributed by atoms with van der Waals surface area (Å²) in [5, 5.41) is 6.44. The van der Waals surface area contributed by atoms with Gasteiger partial charge in [-0.3, -0.25) is 4.79 Å². The first-order valence-electron chi connectivity index (χ1n) is 7.13. The number of methoxy groups -OCH3 is 1. The van der Waals surface area contributed by atoms with E-state index in [0.29, 0.717) is 28.4 Å². The second-order valence-electron chi connectivity index (χ2n) is 5.30. The average molecular weight is 357 g/mol. The first kappa shape index (κ1) is 16.2.